The molecule has 0 spiro atoms. The molecule has 0 amide bonds. The first kappa shape index (κ1) is 11.7. The van der Waals surface area contributed by atoms with E-state index in [1.165, 1.54) is 7.11 Å². The Morgan fingerprint density at radius 1 is 1.53 bits per heavy atom. The molecule has 1 atom stereocenters. The number of nitrogens with zero attached hydrogens (tertiary/aromatic N) is 1. The lowest BCUT2D eigenvalue weighted by Gasteiger charge is -2.05. The minimum atomic E-state index is -0.847. The third-order valence-corrected chi connectivity index (χ3v) is 3.33. The summed E-state index contributed by atoms with van der Waals surface area (Å²) >= 11 is 0. The highest BCUT2D eigenvalue weighted by molar-refractivity contribution is 7.84. The minimum Gasteiger partial charge on any atom is -0.495 e. The number of methoxy groups -OCH3 is 1. The summed E-state index contributed by atoms with van der Waals surface area (Å²) in [5.74, 6) is 1.69. The average molecular weight is 223 g/mol. The second-order valence-corrected chi connectivity index (χ2v) is 4.76. The van der Waals surface area contributed by atoms with E-state index >= 15 is 0 Å². The number of ether oxygens (including phenoxy) is 1. The van der Waals surface area contributed by atoms with Crippen LogP contribution in [0.5, 0.6) is 5.75 Å². The third-order valence-electron chi connectivity index (χ3n) is 2.03. The molecule has 1 unspecified atom stereocenters. The predicted molar refractivity (Wildman–Crippen MR) is 60.1 cm³/mol. The lowest BCUT2D eigenvalue weighted by Crippen LogP contribution is -1.98. The lowest BCUT2D eigenvalue weighted by molar-refractivity contribution is 0.413. The number of nitriles is 1. The molecule has 80 valence electrons. The van der Waals surface area contributed by atoms with Gasteiger partial charge < -0.3 is 4.74 Å². The monoisotopic (exact) mass is 223 g/mol. The van der Waals surface area contributed by atoms with E-state index in [-0.39, 0.29) is 0 Å². The summed E-state index contributed by atoms with van der Waals surface area (Å²) < 4.78 is 16.4. The molecule has 0 radical (unpaired) electrons. The Bertz CT molecular complexity index is 410. The molecule has 1 rings (SSSR count). The van der Waals surface area contributed by atoms with Crippen LogP contribution in [0, 0.1) is 11.3 Å². The van der Waals surface area contributed by atoms with E-state index in [0.29, 0.717) is 22.8 Å². The fourth-order valence-electron chi connectivity index (χ4n) is 1.22. The highest BCUT2D eigenvalue weighted by Gasteiger charge is 2.05. The maximum atomic E-state index is 11.3. The van der Waals surface area contributed by atoms with Gasteiger partial charge in [0.2, 0.25) is 0 Å². The summed E-state index contributed by atoms with van der Waals surface area (Å²) in [4.78, 5) is 0. The van der Waals surface area contributed by atoms with E-state index in [1.807, 2.05) is 13.0 Å². The van der Waals surface area contributed by atoms with Crippen LogP contribution in [0.25, 0.3) is 0 Å². The molecule has 0 saturated heterocycles. The normalized spacial score (nSPS) is 11.8. The zero-order valence-corrected chi connectivity index (χ0v) is 9.63. The van der Waals surface area contributed by atoms with E-state index in [4.69, 9.17) is 10.00 Å². The van der Waals surface area contributed by atoms with Crippen molar-refractivity contribution in [2.75, 3.05) is 12.9 Å². The van der Waals surface area contributed by atoms with Crippen molar-refractivity contribution in [3.8, 4) is 11.8 Å². The summed E-state index contributed by atoms with van der Waals surface area (Å²) in [6, 6.07) is 7.36. The van der Waals surface area contributed by atoms with Crippen molar-refractivity contribution < 1.29 is 8.95 Å². The second kappa shape index (κ2) is 5.52. The number of hydrogen-bond acceptors (Lipinski definition) is 3. The van der Waals surface area contributed by atoms with Gasteiger partial charge in [-0.15, -0.1) is 0 Å². The molecule has 15 heavy (non-hydrogen) atoms. The molecule has 0 bridgehead atoms. The second-order valence-electron chi connectivity index (χ2n) is 3.02. The molecule has 4 heteroatoms. The van der Waals surface area contributed by atoms with Crippen LogP contribution in [0.1, 0.15) is 18.1 Å². The van der Waals surface area contributed by atoms with Gasteiger partial charge in [-0.05, 0) is 17.7 Å². The zero-order chi connectivity index (χ0) is 11.3. The third kappa shape index (κ3) is 3.07. The molecular formula is C11H13NO2S. The summed E-state index contributed by atoms with van der Waals surface area (Å²) in [7, 11) is 0.681. The van der Waals surface area contributed by atoms with E-state index in [1.54, 1.807) is 12.1 Å². The van der Waals surface area contributed by atoms with Gasteiger partial charge in [0.05, 0.1) is 12.7 Å². The first-order chi connectivity index (χ1) is 7.21. The van der Waals surface area contributed by atoms with Crippen molar-refractivity contribution in [3.63, 3.8) is 0 Å². The molecule has 0 N–H and O–H groups in total. The van der Waals surface area contributed by atoms with Crippen LogP contribution in [0.2, 0.25) is 0 Å². The average Bonchev–Trinajstić information content (AvgIpc) is 2.28. The Labute approximate surface area is 92.1 Å². The van der Waals surface area contributed by atoms with Gasteiger partial charge in [0.25, 0.3) is 0 Å². The van der Waals surface area contributed by atoms with E-state index in [2.05, 4.69) is 6.07 Å². The fourth-order valence-corrected chi connectivity index (χ4v) is 1.98. The SMILES string of the molecule is CCS(=O)Cc1ccc(OC)c(C#N)c1. The van der Waals surface area contributed by atoms with Crippen molar-refractivity contribution in [2.45, 2.75) is 12.7 Å². The summed E-state index contributed by atoms with van der Waals surface area (Å²) in [5, 5.41) is 8.86. The van der Waals surface area contributed by atoms with Gasteiger partial charge in [-0.1, -0.05) is 13.0 Å². The van der Waals surface area contributed by atoms with Crippen LogP contribution in [-0.2, 0) is 16.6 Å². The molecule has 3 nitrogen and oxygen atoms in total. The summed E-state index contributed by atoms with van der Waals surface area (Å²) in [5.41, 5.74) is 1.40. The van der Waals surface area contributed by atoms with Crippen LogP contribution in [0.4, 0.5) is 0 Å². The summed E-state index contributed by atoms with van der Waals surface area (Å²) in [6.45, 7) is 1.88. The Balaban J connectivity index is 2.94. The molecule has 0 aliphatic rings. The molecule has 0 aliphatic heterocycles. The predicted octanol–water partition coefficient (Wildman–Crippen LogP) is 1.84. The molecule has 0 heterocycles. The smallest absolute Gasteiger partial charge is 0.136 e. The zero-order valence-electron chi connectivity index (χ0n) is 8.82. The molecule has 0 saturated carbocycles. The largest absolute Gasteiger partial charge is 0.495 e. The number of benzene rings is 1. The van der Waals surface area contributed by atoms with Crippen LogP contribution in [0.15, 0.2) is 18.2 Å². The van der Waals surface area contributed by atoms with Crippen molar-refractivity contribution in [1.82, 2.24) is 0 Å². The Morgan fingerprint density at radius 2 is 2.27 bits per heavy atom. The van der Waals surface area contributed by atoms with E-state index in [0.717, 1.165) is 5.56 Å². The van der Waals surface area contributed by atoms with Gasteiger partial charge in [-0.3, -0.25) is 4.21 Å². The first-order valence-corrected chi connectivity index (χ1v) is 6.12. The molecule has 0 aliphatic carbocycles. The van der Waals surface area contributed by atoms with Crippen LogP contribution >= 0.6 is 0 Å². The topological polar surface area (TPSA) is 50.1 Å². The van der Waals surface area contributed by atoms with Gasteiger partial charge in [-0.2, -0.15) is 5.26 Å². The summed E-state index contributed by atoms with van der Waals surface area (Å²) in [6.07, 6.45) is 0. The molecular weight excluding hydrogens is 210 g/mol. The number of hydrogen-bond donors (Lipinski definition) is 0. The Morgan fingerprint density at radius 3 is 2.80 bits per heavy atom. The highest BCUT2D eigenvalue weighted by Crippen LogP contribution is 2.19. The van der Waals surface area contributed by atoms with Crippen molar-refractivity contribution in [1.29, 1.82) is 5.26 Å². The Hall–Kier alpha value is -1.34. The highest BCUT2D eigenvalue weighted by atomic mass is 32.2. The molecule has 1 aromatic carbocycles. The van der Waals surface area contributed by atoms with Gasteiger partial charge in [0.15, 0.2) is 0 Å². The maximum absolute atomic E-state index is 11.3. The Kier molecular flexibility index (Phi) is 4.32. The van der Waals surface area contributed by atoms with Gasteiger partial charge in [0.1, 0.15) is 11.8 Å². The van der Waals surface area contributed by atoms with Gasteiger partial charge in [-0.25, -0.2) is 0 Å². The van der Waals surface area contributed by atoms with Gasteiger partial charge in [0, 0.05) is 22.3 Å². The molecule has 1 aromatic rings. The first-order valence-electron chi connectivity index (χ1n) is 4.63. The van der Waals surface area contributed by atoms with Crippen molar-refractivity contribution in [2.24, 2.45) is 0 Å². The van der Waals surface area contributed by atoms with Crippen LogP contribution in [0.3, 0.4) is 0 Å². The van der Waals surface area contributed by atoms with Crippen LogP contribution < -0.4 is 4.74 Å². The maximum Gasteiger partial charge on any atom is 0.136 e. The molecule has 0 fully saturated rings. The van der Waals surface area contributed by atoms with Crippen molar-refractivity contribution in [3.05, 3.63) is 29.3 Å². The minimum absolute atomic E-state index is 0.489. The number of rotatable bonds is 4. The van der Waals surface area contributed by atoms with Gasteiger partial charge >= 0.3 is 0 Å². The fraction of sp³-hybridized carbons (Fsp3) is 0.364. The lowest BCUT2D eigenvalue weighted by atomic mass is 10.1. The van der Waals surface area contributed by atoms with E-state index in [9.17, 15) is 4.21 Å². The van der Waals surface area contributed by atoms with Crippen molar-refractivity contribution >= 4 is 10.8 Å². The quantitative estimate of drug-likeness (QED) is 0.782. The molecule has 0 aromatic heterocycles. The standard InChI is InChI=1S/C11H13NO2S/c1-3-15(13)8-9-4-5-11(14-2)10(6-9)7-12/h4-6H,3,8H2,1-2H3. The van der Waals surface area contributed by atoms with Crippen LogP contribution in [-0.4, -0.2) is 17.1 Å². The van der Waals surface area contributed by atoms with E-state index < -0.39 is 10.8 Å².